The number of imidazole rings is 1. The third-order valence-electron chi connectivity index (χ3n) is 4.96. The fourth-order valence-corrected chi connectivity index (χ4v) is 4.65. The molecule has 5 rings (SSSR count). The number of hydrogen-bond acceptors (Lipinski definition) is 4. The van der Waals surface area contributed by atoms with Crippen LogP contribution in [0.4, 0.5) is 0 Å². The Morgan fingerprint density at radius 3 is 2.55 bits per heavy atom. The van der Waals surface area contributed by atoms with E-state index in [1.807, 2.05) is 48.0 Å². The van der Waals surface area contributed by atoms with Crippen molar-refractivity contribution in [2.24, 2.45) is 0 Å². The van der Waals surface area contributed by atoms with Crippen molar-refractivity contribution in [3.63, 3.8) is 0 Å². The Bertz CT molecular complexity index is 1490. The zero-order valence-corrected chi connectivity index (χ0v) is 18.7. The second-order valence-electron chi connectivity index (χ2n) is 7.12. The summed E-state index contributed by atoms with van der Waals surface area (Å²) in [5.41, 5.74) is 4.05. The highest BCUT2D eigenvalue weighted by Crippen LogP contribution is 2.26. The van der Waals surface area contributed by atoms with Gasteiger partial charge in [0.15, 0.2) is 5.16 Å². The van der Waals surface area contributed by atoms with E-state index in [9.17, 15) is 4.79 Å². The quantitative estimate of drug-likeness (QED) is 0.243. The molecule has 0 aliphatic rings. The first-order chi connectivity index (χ1) is 15.0. The minimum Gasteiger partial charge on any atom is -0.307 e. The van der Waals surface area contributed by atoms with Crippen molar-refractivity contribution in [1.82, 2.24) is 18.9 Å². The third kappa shape index (κ3) is 3.83. The van der Waals surface area contributed by atoms with Crippen molar-refractivity contribution in [1.29, 1.82) is 0 Å². The van der Waals surface area contributed by atoms with E-state index >= 15 is 0 Å². The number of halogens is 2. The molecule has 0 aliphatic carbocycles. The van der Waals surface area contributed by atoms with Gasteiger partial charge in [0.05, 0.1) is 22.3 Å². The SMILES string of the molecule is Cc1cccn2cc(CSc3nc4cc(Cl)ccc4c(=O)n3-c3ccc(Cl)cc3)nc12. The summed E-state index contributed by atoms with van der Waals surface area (Å²) < 4.78 is 3.61. The van der Waals surface area contributed by atoms with Gasteiger partial charge in [-0.3, -0.25) is 9.36 Å². The number of benzene rings is 2. The van der Waals surface area contributed by atoms with Crippen LogP contribution in [0.3, 0.4) is 0 Å². The molecule has 0 amide bonds. The van der Waals surface area contributed by atoms with Gasteiger partial charge in [0.1, 0.15) is 5.65 Å². The lowest BCUT2D eigenvalue weighted by Gasteiger charge is -2.13. The van der Waals surface area contributed by atoms with Gasteiger partial charge in [-0.25, -0.2) is 9.97 Å². The minimum atomic E-state index is -0.155. The molecule has 0 bridgehead atoms. The van der Waals surface area contributed by atoms with E-state index in [-0.39, 0.29) is 5.56 Å². The molecule has 154 valence electrons. The van der Waals surface area contributed by atoms with Crippen LogP contribution in [0.2, 0.25) is 10.0 Å². The number of aromatic nitrogens is 4. The molecule has 31 heavy (non-hydrogen) atoms. The molecular weight excluding hydrogens is 451 g/mol. The monoisotopic (exact) mass is 466 g/mol. The van der Waals surface area contributed by atoms with E-state index in [2.05, 4.69) is 0 Å². The summed E-state index contributed by atoms with van der Waals surface area (Å²) >= 11 is 13.7. The number of nitrogens with zero attached hydrogens (tertiary/aromatic N) is 4. The topological polar surface area (TPSA) is 52.2 Å². The van der Waals surface area contributed by atoms with Gasteiger partial charge >= 0.3 is 0 Å². The van der Waals surface area contributed by atoms with Crippen molar-refractivity contribution >= 4 is 51.5 Å². The van der Waals surface area contributed by atoms with Gasteiger partial charge in [0.25, 0.3) is 5.56 Å². The summed E-state index contributed by atoms with van der Waals surface area (Å²) in [7, 11) is 0. The van der Waals surface area contributed by atoms with Gasteiger partial charge in [-0.05, 0) is 61.0 Å². The van der Waals surface area contributed by atoms with Crippen molar-refractivity contribution in [2.75, 3.05) is 0 Å². The van der Waals surface area contributed by atoms with Gasteiger partial charge in [-0.2, -0.15) is 0 Å². The molecule has 0 spiro atoms. The molecule has 5 aromatic rings. The predicted molar refractivity (Wildman–Crippen MR) is 127 cm³/mol. The molecule has 0 atom stereocenters. The number of aryl methyl sites for hydroxylation is 1. The van der Waals surface area contributed by atoms with Crippen molar-refractivity contribution in [3.05, 3.63) is 98.6 Å². The predicted octanol–water partition coefficient (Wildman–Crippen LogP) is 5.94. The second kappa shape index (κ2) is 8.04. The highest BCUT2D eigenvalue weighted by atomic mass is 35.5. The standard InChI is InChI=1S/C23H16Cl2N4OS/c1-14-3-2-10-28-12-17(26-21(14)28)13-31-23-27-20-11-16(25)6-9-19(20)22(30)29(23)18-7-4-15(24)5-8-18/h2-12H,13H2,1H3. The van der Waals surface area contributed by atoms with Crippen molar-refractivity contribution < 1.29 is 0 Å². The lowest BCUT2D eigenvalue weighted by atomic mass is 10.2. The van der Waals surface area contributed by atoms with E-state index in [0.29, 0.717) is 37.5 Å². The molecule has 0 aliphatic heterocycles. The number of rotatable bonds is 4. The minimum absolute atomic E-state index is 0.155. The molecule has 0 saturated heterocycles. The fourth-order valence-electron chi connectivity index (χ4n) is 3.47. The van der Waals surface area contributed by atoms with Crippen molar-refractivity contribution in [2.45, 2.75) is 17.8 Å². The van der Waals surface area contributed by atoms with E-state index in [0.717, 1.165) is 16.9 Å². The van der Waals surface area contributed by atoms with Gasteiger partial charge in [-0.15, -0.1) is 0 Å². The van der Waals surface area contributed by atoms with Crippen LogP contribution in [-0.2, 0) is 5.75 Å². The zero-order chi connectivity index (χ0) is 21.5. The first kappa shape index (κ1) is 20.1. The molecule has 0 saturated carbocycles. The molecule has 2 aromatic carbocycles. The number of hydrogen-bond donors (Lipinski definition) is 0. The van der Waals surface area contributed by atoms with Gasteiger partial charge < -0.3 is 4.40 Å². The lowest BCUT2D eigenvalue weighted by Crippen LogP contribution is -2.21. The molecule has 0 unspecified atom stereocenters. The molecule has 0 N–H and O–H groups in total. The van der Waals surface area contributed by atoms with E-state index < -0.39 is 0 Å². The summed E-state index contributed by atoms with van der Waals surface area (Å²) in [5, 5.41) is 2.21. The Hall–Kier alpha value is -2.80. The normalized spacial score (nSPS) is 11.5. The Morgan fingerprint density at radius 1 is 1.00 bits per heavy atom. The van der Waals surface area contributed by atoms with Gasteiger partial charge in [0, 0.05) is 28.2 Å². The first-order valence-corrected chi connectivity index (χ1v) is 11.3. The van der Waals surface area contributed by atoms with Crippen LogP contribution in [0.15, 0.2) is 76.9 Å². The molecule has 0 fully saturated rings. The maximum Gasteiger partial charge on any atom is 0.266 e. The van der Waals surface area contributed by atoms with E-state index in [4.69, 9.17) is 33.2 Å². The smallest absolute Gasteiger partial charge is 0.266 e. The van der Waals surface area contributed by atoms with Crippen LogP contribution in [0.1, 0.15) is 11.3 Å². The van der Waals surface area contributed by atoms with Crippen LogP contribution in [0, 0.1) is 6.92 Å². The average molecular weight is 467 g/mol. The van der Waals surface area contributed by atoms with Crippen LogP contribution in [0.25, 0.3) is 22.2 Å². The Kier molecular flexibility index (Phi) is 5.22. The first-order valence-electron chi connectivity index (χ1n) is 9.54. The summed E-state index contributed by atoms with van der Waals surface area (Å²) in [5.74, 6) is 0.563. The van der Waals surface area contributed by atoms with Crippen LogP contribution in [-0.4, -0.2) is 18.9 Å². The Balaban J connectivity index is 1.61. The maximum absolute atomic E-state index is 13.4. The summed E-state index contributed by atoms with van der Waals surface area (Å²) in [4.78, 5) is 22.8. The molecule has 5 nitrogen and oxygen atoms in total. The van der Waals surface area contributed by atoms with E-state index in [1.165, 1.54) is 11.8 Å². The number of pyridine rings is 1. The number of thioether (sulfide) groups is 1. The summed E-state index contributed by atoms with van der Waals surface area (Å²) in [6.07, 6.45) is 3.97. The Morgan fingerprint density at radius 2 is 1.77 bits per heavy atom. The van der Waals surface area contributed by atoms with Gasteiger partial charge in [0.2, 0.25) is 0 Å². The van der Waals surface area contributed by atoms with Crippen LogP contribution < -0.4 is 5.56 Å². The largest absolute Gasteiger partial charge is 0.307 e. The molecule has 0 radical (unpaired) electrons. The highest BCUT2D eigenvalue weighted by molar-refractivity contribution is 7.98. The molecule has 3 heterocycles. The third-order valence-corrected chi connectivity index (χ3v) is 6.42. The molecule has 3 aromatic heterocycles. The molecular formula is C23H16Cl2N4OS. The summed E-state index contributed by atoms with van der Waals surface area (Å²) in [6, 6.07) is 16.3. The summed E-state index contributed by atoms with van der Waals surface area (Å²) in [6.45, 7) is 2.03. The number of fused-ring (bicyclic) bond motifs is 2. The molecule has 8 heteroatoms. The Labute approximate surface area is 192 Å². The lowest BCUT2D eigenvalue weighted by molar-refractivity contribution is 0.819. The second-order valence-corrected chi connectivity index (χ2v) is 8.93. The van der Waals surface area contributed by atoms with Crippen LogP contribution >= 0.6 is 35.0 Å². The van der Waals surface area contributed by atoms with Crippen LogP contribution in [0.5, 0.6) is 0 Å². The highest BCUT2D eigenvalue weighted by Gasteiger charge is 2.15. The van der Waals surface area contributed by atoms with E-state index in [1.54, 1.807) is 34.9 Å². The van der Waals surface area contributed by atoms with Crippen molar-refractivity contribution in [3.8, 4) is 5.69 Å². The van der Waals surface area contributed by atoms with Gasteiger partial charge in [-0.1, -0.05) is 41.0 Å². The fraction of sp³-hybridized carbons (Fsp3) is 0.0870. The zero-order valence-electron chi connectivity index (χ0n) is 16.4. The average Bonchev–Trinajstić information content (AvgIpc) is 3.18. The maximum atomic E-state index is 13.4.